The fraction of sp³-hybridized carbons (Fsp3) is 0.308. The molecular weight excluding hydrogens is 440 g/mol. The lowest BCUT2D eigenvalue weighted by Crippen LogP contribution is -2.32. The van der Waals surface area contributed by atoms with Crippen LogP contribution >= 0.6 is 11.6 Å². The first-order chi connectivity index (χ1) is 15.7. The van der Waals surface area contributed by atoms with Crippen molar-refractivity contribution in [1.29, 1.82) is 0 Å². The number of hydrogen-bond donors (Lipinski definition) is 3. The van der Waals surface area contributed by atoms with Gasteiger partial charge in [0.2, 0.25) is 0 Å². The summed E-state index contributed by atoms with van der Waals surface area (Å²) in [4.78, 5) is 15.5. The predicted octanol–water partition coefficient (Wildman–Crippen LogP) is 5.14. The molecule has 174 valence electrons. The van der Waals surface area contributed by atoms with Crippen molar-refractivity contribution in [2.24, 2.45) is 0 Å². The van der Waals surface area contributed by atoms with Crippen molar-refractivity contribution in [3.05, 3.63) is 82.6 Å². The SMILES string of the molecule is CC(C)Oc1cc(-c2ccc(C[C@@H](C)NC[C@H](O)c3ccc(Cl)nc3)cc2)ccc1C(=O)O. The summed E-state index contributed by atoms with van der Waals surface area (Å²) in [6, 6.07) is 16.9. The van der Waals surface area contributed by atoms with Gasteiger partial charge < -0.3 is 20.3 Å². The maximum absolute atomic E-state index is 11.5. The molecule has 1 aromatic heterocycles. The molecule has 2 aromatic carbocycles. The third-order valence-corrected chi connectivity index (χ3v) is 5.42. The van der Waals surface area contributed by atoms with Gasteiger partial charge >= 0.3 is 5.97 Å². The zero-order valence-electron chi connectivity index (χ0n) is 19.0. The monoisotopic (exact) mass is 468 g/mol. The molecule has 0 spiro atoms. The number of hydrogen-bond acceptors (Lipinski definition) is 5. The Bertz CT molecular complexity index is 1070. The molecule has 0 aliphatic carbocycles. The molecule has 7 heteroatoms. The highest BCUT2D eigenvalue weighted by Gasteiger charge is 2.14. The van der Waals surface area contributed by atoms with Crippen molar-refractivity contribution >= 4 is 17.6 Å². The van der Waals surface area contributed by atoms with E-state index < -0.39 is 12.1 Å². The largest absolute Gasteiger partial charge is 0.490 e. The number of aromatic carboxylic acids is 1. The van der Waals surface area contributed by atoms with Crippen LogP contribution < -0.4 is 10.1 Å². The number of carboxylic acid groups (broad SMARTS) is 1. The van der Waals surface area contributed by atoms with Gasteiger partial charge in [-0.15, -0.1) is 0 Å². The highest BCUT2D eigenvalue weighted by Crippen LogP contribution is 2.29. The molecule has 0 bridgehead atoms. The number of rotatable bonds is 10. The summed E-state index contributed by atoms with van der Waals surface area (Å²) in [5.41, 5.74) is 3.91. The average molecular weight is 469 g/mol. The van der Waals surface area contributed by atoms with E-state index in [1.807, 2.05) is 26.0 Å². The Balaban J connectivity index is 1.61. The highest BCUT2D eigenvalue weighted by atomic mass is 35.5. The summed E-state index contributed by atoms with van der Waals surface area (Å²) >= 11 is 5.79. The number of benzene rings is 2. The van der Waals surface area contributed by atoms with Gasteiger partial charge in [-0.3, -0.25) is 0 Å². The number of pyridine rings is 1. The maximum Gasteiger partial charge on any atom is 0.339 e. The van der Waals surface area contributed by atoms with Crippen LogP contribution in [0.15, 0.2) is 60.8 Å². The zero-order valence-corrected chi connectivity index (χ0v) is 19.7. The van der Waals surface area contributed by atoms with Gasteiger partial charge in [0, 0.05) is 24.3 Å². The molecule has 1 heterocycles. The minimum absolute atomic E-state index is 0.121. The van der Waals surface area contributed by atoms with Crippen molar-refractivity contribution in [2.45, 2.75) is 45.4 Å². The van der Waals surface area contributed by atoms with Gasteiger partial charge in [0.15, 0.2) is 0 Å². The van der Waals surface area contributed by atoms with Gasteiger partial charge in [-0.05, 0) is 62.1 Å². The number of nitrogens with one attached hydrogen (secondary N) is 1. The third-order valence-electron chi connectivity index (χ3n) is 5.20. The number of carbonyl (C=O) groups is 1. The van der Waals surface area contributed by atoms with Crippen molar-refractivity contribution < 1.29 is 19.7 Å². The molecule has 0 aliphatic rings. The topological polar surface area (TPSA) is 91.7 Å². The number of halogens is 1. The summed E-state index contributed by atoms with van der Waals surface area (Å²) in [7, 11) is 0. The minimum Gasteiger partial charge on any atom is -0.490 e. The van der Waals surface area contributed by atoms with Crippen LogP contribution in [-0.2, 0) is 6.42 Å². The molecule has 0 unspecified atom stereocenters. The molecule has 0 amide bonds. The van der Waals surface area contributed by atoms with E-state index in [0.29, 0.717) is 17.4 Å². The number of aromatic nitrogens is 1. The van der Waals surface area contributed by atoms with E-state index in [9.17, 15) is 15.0 Å². The molecule has 2 atom stereocenters. The van der Waals surface area contributed by atoms with E-state index in [1.165, 1.54) is 0 Å². The highest BCUT2D eigenvalue weighted by molar-refractivity contribution is 6.29. The molecule has 0 radical (unpaired) electrons. The number of carboxylic acids is 1. The fourth-order valence-electron chi connectivity index (χ4n) is 3.50. The van der Waals surface area contributed by atoms with Crippen LogP contribution in [0.1, 0.15) is 48.4 Å². The molecular formula is C26H29ClN2O4. The van der Waals surface area contributed by atoms with E-state index in [4.69, 9.17) is 16.3 Å². The second-order valence-electron chi connectivity index (χ2n) is 8.32. The van der Waals surface area contributed by atoms with Crippen LogP contribution in [0, 0.1) is 0 Å². The standard InChI is InChI=1S/C26H29ClN2O4/c1-16(2)33-24-13-20(8-10-22(24)26(31)32)19-6-4-18(5-7-19)12-17(3)28-15-23(30)21-9-11-25(27)29-14-21/h4-11,13-14,16-17,23,28,30H,12,15H2,1-3H3,(H,31,32)/t17-,23+/m1/s1. The number of nitrogens with zero attached hydrogens (tertiary/aromatic N) is 1. The zero-order chi connectivity index (χ0) is 24.0. The lowest BCUT2D eigenvalue weighted by atomic mass is 9.99. The first-order valence-electron chi connectivity index (χ1n) is 10.9. The molecule has 6 nitrogen and oxygen atoms in total. The predicted molar refractivity (Wildman–Crippen MR) is 130 cm³/mol. The molecule has 3 N–H and O–H groups in total. The normalized spacial score (nSPS) is 13.0. The van der Waals surface area contributed by atoms with Crippen molar-refractivity contribution in [3.63, 3.8) is 0 Å². The summed E-state index contributed by atoms with van der Waals surface area (Å²) in [5, 5.41) is 23.5. The third kappa shape index (κ3) is 7.02. The Morgan fingerprint density at radius 2 is 1.76 bits per heavy atom. The molecule has 0 saturated heterocycles. The van der Waals surface area contributed by atoms with Gasteiger partial charge in [0.1, 0.15) is 16.5 Å². The number of aliphatic hydroxyl groups excluding tert-OH is 1. The van der Waals surface area contributed by atoms with E-state index in [2.05, 4.69) is 29.4 Å². The second-order valence-corrected chi connectivity index (χ2v) is 8.71. The van der Waals surface area contributed by atoms with Gasteiger partial charge in [-0.1, -0.05) is 48.0 Å². The Kier molecular flexibility index (Phi) is 8.44. The van der Waals surface area contributed by atoms with Gasteiger partial charge in [0.05, 0.1) is 12.2 Å². The average Bonchev–Trinajstić information content (AvgIpc) is 2.78. The van der Waals surface area contributed by atoms with Crippen molar-refractivity contribution in [2.75, 3.05) is 6.54 Å². The maximum atomic E-state index is 11.5. The van der Waals surface area contributed by atoms with E-state index in [1.54, 1.807) is 36.5 Å². The fourth-order valence-corrected chi connectivity index (χ4v) is 3.62. The van der Waals surface area contributed by atoms with E-state index in [-0.39, 0.29) is 17.7 Å². The molecule has 0 saturated carbocycles. The van der Waals surface area contributed by atoms with Crippen LogP contribution in [0.2, 0.25) is 5.15 Å². The summed E-state index contributed by atoms with van der Waals surface area (Å²) < 4.78 is 5.71. The quantitative estimate of drug-likeness (QED) is 0.357. The smallest absolute Gasteiger partial charge is 0.339 e. The number of aliphatic hydroxyl groups is 1. The van der Waals surface area contributed by atoms with Crippen molar-refractivity contribution in [1.82, 2.24) is 10.3 Å². The number of ether oxygens (including phenoxy) is 1. The van der Waals surface area contributed by atoms with Crippen LogP contribution in [0.25, 0.3) is 11.1 Å². The molecule has 0 aliphatic heterocycles. The van der Waals surface area contributed by atoms with Gasteiger partial charge in [-0.25, -0.2) is 9.78 Å². The molecule has 33 heavy (non-hydrogen) atoms. The second kappa shape index (κ2) is 11.3. The van der Waals surface area contributed by atoms with E-state index in [0.717, 1.165) is 28.7 Å². The Morgan fingerprint density at radius 1 is 1.06 bits per heavy atom. The van der Waals surface area contributed by atoms with Crippen LogP contribution in [0.5, 0.6) is 5.75 Å². The van der Waals surface area contributed by atoms with Crippen LogP contribution in [0.3, 0.4) is 0 Å². The first kappa shape index (κ1) is 24.7. The lowest BCUT2D eigenvalue weighted by Gasteiger charge is -2.18. The van der Waals surface area contributed by atoms with Crippen LogP contribution in [0.4, 0.5) is 0 Å². The Morgan fingerprint density at radius 3 is 2.36 bits per heavy atom. The van der Waals surface area contributed by atoms with Gasteiger partial charge in [0.25, 0.3) is 0 Å². The van der Waals surface area contributed by atoms with Crippen LogP contribution in [-0.4, -0.2) is 39.9 Å². The molecule has 3 aromatic rings. The Hall–Kier alpha value is -2.93. The molecule has 3 rings (SSSR count). The first-order valence-corrected chi connectivity index (χ1v) is 11.3. The summed E-state index contributed by atoms with van der Waals surface area (Å²) in [5.74, 6) is -0.641. The summed E-state index contributed by atoms with van der Waals surface area (Å²) in [6.45, 7) is 6.22. The minimum atomic E-state index is -1.01. The van der Waals surface area contributed by atoms with Gasteiger partial charge in [-0.2, -0.15) is 0 Å². The summed E-state index contributed by atoms with van der Waals surface area (Å²) in [6.07, 6.45) is 1.60. The van der Waals surface area contributed by atoms with E-state index >= 15 is 0 Å². The van der Waals surface area contributed by atoms with Crippen molar-refractivity contribution in [3.8, 4) is 16.9 Å². The Labute approximate surface area is 199 Å². The lowest BCUT2D eigenvalue weighted by molar-refractivity contribution is 0.0690. The molecule has 0 fully saturated rings.